The van der Waals surface area contributed by atoms with Crippen molar-refractivity contribution in [3.8, 4) is 11.5 Å². The number of amides is 4. The Morgan fingerprint density at radius 2 is 1.65 bits per heavy atom. The number of aliphatic carboxylic acids is 1. The summed E-state index contributed by atoms with van der Waals surface area (Å²) >= 11 is 0. The Kier molecular flexibility index (Phi) is 15.4. The molecule has 2 heterocycles. The van der Waals surface area contributed by atoms with Crippen LogP contribution in [0, 0.1) is 5.41 Å². The van der Waals surface area contributed by atoms with E-state index in [2.05, 4.69) is 10.6 Å². The van der Waals surface area contributed by atoms with Gasteiger partial charge < -0.3 is 54.7 Å². The molecule has 1 unspecified atom stereocenters. The van der Waals surface area contributed by atoms with Gasteiger partial charge in [0.1, 0.15) is 54.8 Å². The van der Waals surface area contributed by atoms with Gasteiger partial charge in [0.2, 0.25) is 18.1 Å². The van der Waals surface area contributed by atoms with E-state index in [9.17, 15) is 62.2 Å². The second-order valence-corrected chi connectivity index (χ2v) is 14.5. The molecule has 54 heavy (non-hydrogen) atoms. The van der Waals surface area contributed by atoms with Gasteiger partial charge >= 0.3 is 11.9 Å². The fourth-order valence-corrected chi connectivity index (χ4v) is 5.37. The third-order valence-corrected chi connectivity index (χ3v) is 8.35. The molecule has 2 aliphatic heterocycles. The van der Waals surface area contributed by atoms with Gasteiger partial charge in [-0.3, -0.25) is 33.4 Å². The molecule has 1 aromatic carbocycles. The van der Waals surface area contributed by atoms with Gasteiger partial charge in [-0.25, -0.2) is 4.79 Å². The van der Waals surface area contributed by atoms with Crippen LogP contribution in [0.2, 0.25) is 0 Å². The van der Waals surface area contributed by atoms with Crippen molar-refractivity contribution < 1.29 is 85.8 Å². The molecule has 22 heteroatoms. The first kappa shape index (κ1) is 43.7. The van der Waals surface area contributed by atoms with Gasteiger partial charge in [0, 0.05) is 43.3 Å². The molecule has 0 saturated carbocycles. The van der Waals surface area contributed by atoms with Crippen molar-refractivity contribution in [3.63, 3.8) is 0 Å². The van der Waals surface area contributed by atoms with E-state index in [0.717, 1.165) is 17.1 Å². The normalized spacial score (nSPS) is 22.1. The van der Waals surface area contributed by atoms with E-state index < -0.39 is 100 Å². The van der Waals surface area contributed by atoms with Crippen molar-refractivity contribution in [3.05, 3.63) is 35.9 Å². The van der Waals surface area contributed by atoms with Gasteiger partial charge in [-0.05, 0) is 32.9 Å². The second kappa shape index (κ2) is 19.1. The van der Waals surface area contributed by atoms with Crippen molar-refractivity contribution in [1.82, 2.24) is 15.5 Å². The minimum Gasteiger partial charge on any atom is -0.491 e. The number of hydrogen-bond acceptors (Lipinski definition) is 16. The number of benzene rings is 1. The van der Waals surface area contributed by atoms with Crippen molar-refractivity contribution in [2.75, 3.05) is 38.7 Å². The summed E-state index contributed by atoms with van der Waals surface area (Å²) in [6.07, 6.45) is -7.70. The highest BCUT2D eigenvalue weighted by molar-refractivity contribution is 7.85. The Hall–Kier alpha value is -4.71. The quantitative estimate of drug-likeness (QED) is 0.0323. The molecule has 6 atom stereocenters. The van der Waals surface area contributed by atoms with Gasteiger partial charge in [-0.15, -0.1) is 0 Å². The number of ether oxygens (including phenoxy) is 5. The number of carbonyl (C=O) groups excluding carboxylic acids is 5. The van der Waals surface area contributed by atoms with Crippen LogP contribution in [0.25, 0.3) is 0 Å². The minimum atomic E-state index is -4.73. The van der Waals surface area contributed by atoms with E-state index in [-0.39, 0.29) is 51.0 Å². The van der Waals surface area contributed by atoms with Gasteiger partial charge in [0.15, 0.2) is 6.10 Å². The molecule has 0 spiro atoms. The zero-order valence-electron chi connectivity index (χ0n) is 29.4. The summed E-state index contributed by atoms with van der Waals surface area (Å²) in [6, 6.07) is 2.42. The zero-order valence-corrected chi connectivity index (χ0v) is 30.2. The van der Waals surface area contributed by atoms with Crippen molar-refractivity contribution in [2.24, 2.45) is 5.41 Å². The SMILES string of the molecule is CC(C)(C)C(=O)OCc1ccc(O[C@@H]2OC(C(=O)O)[C@@H](O)[C@H](O)[C@H]2O)cc1OCCOCCNC(=O)[C@H](CS(=O)(=O)O)NC(=O)CCN1C(=O)C=CC1=O. The molecule has 21 nitrogen and oxygen atoms in total. The molecule has 4 amide bonds. The number of aliphatic hydroxyl groups is 3. The number of hydrogen-bond donors (Lipinski definition) is 7. The maximum atomic E-state index is 12.6. The van der Waals surface area contributed by atoms with Gasteiger partial charge in [0.25, 0.3) is 21.9 Å². The minimum absolute atomic E-state index is 0.0297. The molecule has 0 radical (unpaired) electrons. The van der Waals surface area contributed by atoms with Gasteiger partial charge in [-0.2, -0.15) is 8.42 Å². The van der Waals surface area contributed by atoms with E-state index in [1.165, 1.54) is 18.2 Å². The molecule has 1 fully saturated rings. The van der Waals surface area contributed by atoms with E-state index in [0.29, 0.717) is 5.56 Å². The fraction of sp³-hybridized carbons (Fsp3) is 0.562. The van der Waals surface area contributed by atoms with Crippen LogP contribution < -0.4 is 20.1 Å². The summed E-state index contributed by atoms with van der Waals surface area (Å²) < 4.78 is 59.5. The van der Waals surface area contributed by atoms with Crippen LogP contribution in [0.15, 0.2) is 30.4 Å². The predicted octanol–water partition coefficient (Wildman–Crippen LogP) is -2.75. The van der Waals surface area contributed by atoms with Gasteiger partial charge in [0.05, 0.1) is 18.6 Å². The molecule has 0 aromatic heterocycles. The maximum Gasteiger partial charge on any atom is 0.335 e. The Bertz CT molecular complexity index is 1680. The van der Waals surface area contributed by atoms with Crippen LogP contribution in [0.5, 0.6) is 11.5 Å². The average Bonchev–Trinajstić information content (AvgIpc) is 3.40. The van der Waals surface area contributed by atoms with E-state index in [4.69, 9.17) is 23.7 Å². The van der Waals surface area contributed by atoms with Crippen LogP contribution in [0.4, 0.5) is 0 Å². The molecule has 0 bridgehead atoms. The Labute approximate surface area is 308 Å². The third-order valence-electron chi connectivity index (χ3n) is 7.60. The highest BCUT2D eigenvalue weighted by Gasteiger charge is 2.48. The number of aliphatic hydroxyl groups excluding tert-OH is 3. The third kappa shape index (κ3) is 13.0. The first-order valence-electron chi connectivity index (χ1n) is 16.3. The molecule has 3 rings (SSSR count). The average molecular weight is 790 g/mol. The monoisotopic (exact) mass is 789 g/mol. The van der Waals surface area contributed by atoms with Crippen molar-refractivity contribution in [2.45, 2.75) is 70.5 Å². The van der Waals surface area contributed by atoms with Crippen molar-refractivity contribution in [1.29, 1.82) is 0 Å². The lowest BCUT2D eigenvalue weighted by atomic mass is 9.97. The summed E-state index contributed by atoms with van der Waals surface area (Å²) in [5.74, 6) is -6.34. The lowest BCUT2D eigenvalue weighted by Gasteiger charge is -2.38. The summed E-state index contributed by atoms with van der Waals surface area (Å²) in [4.78, 5) is 72.9. The number of carboxylic acid groups (broad SMARTS) is 1. The highest BCUT2D eigenvalue weighted by atomic mass is 32.2. The molecule has 1 aromatic rings. The van der Waals surface area contributed by atoms with Crippen molar-refractivity contribution >= 4 is 45.7 Å². The Morgan fingerprint density at radius 3 is 2.26 bits per heavy atom. The molecule has 1 saturated heterocycles. The smallest absolute Gasteiger partial charge is 0.335 e. The number of carbonyl (C=O) groups is 6. The summed E-state index contributed by atoms with van der Waals surface area (Å²) in [7, 11) is -4.73. The molecule has 2 aliphatic rings. The fourth-order valence-electron chi connectivity index (χ4n) is 4.71. The lowest BCUT2D eigenvalue weighted by molar-refractivity contribution is -0.271. The van der Waals surface area contributed by atoms with Crippen LogP contribution in [0.3, 0.4) is 0 Å². The summed E-state index contributed by atoms with van der Waals surface area (Å²) in [5.41, 5.74) is -0.459. The lowest BCUT2D eigenvalue weighted by Crippen LogP contribution is -2.61. The predicted molar refractivity (Wildman–Crippen MR) is 179 cm³/mol. The number of imide groups is 1. The largest absolute Gasteiger partial charge is 0.491 e. The Balaban J connectivity index is 1.55. The standard InChI is InChI=1S/C32H43N3O18S/c1-32(2,3)31(45)51-15-17-4-5-18(52-30-26(41)24(39)25(40)27(53-30)29(43)44)14-20(17)50-13-12-49-11-9-33-28(42)19(16-54(46,47)48)34-21(36)8-10-35-22(37)6-7-23(35)38/h4-7,14,19,24-27,30,39-41H,8-13,15-16H2,1-3H3,(H,33,42)(H,34,36)(H,43,44)(H,46,47,48)/t19-,24-,25-,26+,27?,30+/m0/s1. The number of nitrogens with one attached hydrogen (secondary N) is 2. The van der Waals surface area contributed by atoms with Crippen LogP contribution in [-0.2, 0) is 59.7 Å². The zero-order chi connectivity index (χ0) is 40.4. The Morgan fingerprint density at radius 1 is 0.981 bits per heavy atom. The molecule has 0 aliphatic carbocycles. The van der Waals surface area contributed by atoms with E-state index in [1.807, 2.05) is 0 Å². The molecule has 300 valence electrons. The summed E-state index contributed by atoms with van der Waals surface area (Å²) in [6.45, 7) is 3.86. The number of nitrogens with zero attached hydrogens (tertiary/aromatic N) is 1. The van der Waals surface area contributed by atoms with Crippen LogP contribution in [-0.4, -0.2) is 149 Å². The topological polar surface area (TPSA) is 311 Å². The van der Waals surface area contributed by atoms with Gasteiger partial charge in [-0.1, -0.05) is 0 Å². The number of esters is 1. The molecular weight excluding hydrogens is 746 g/mol. The molecular formula is C32H43N3O18S. The first-order valence-corrected chi connectivity index (χ1v) is 17.9. The number of carboxylic acids is 1. The maximum absolute atomic E-state index is 12.6. The first-order chi connectivity index (χ1) is 25.2. The highest BCUT2D eigenvalue weighted by Crippen LogP contribution is 2.30. The number of rotatable bonds is 19. The van der Waals surface area contributed by atoms with E-state index >= 15 is 0 Å². The van der Waals surface area contributed by atoms with Crippen LogP contribution in [0.1, 0.15) is 32.8 Å². The molecule has 7 N–H and O–H groups in total. The summed E-state index contributed by atoms with van der Waals surface area (Å²) in [5, 5.41) is 44.2. The second-order valence-electron chi connectivity index (χ2n) is 13.0. The van der Waals surface area contributed by atoms with E-state index in [1.54, 1.807) is 20.8 Å². The van der Waals surface area contributed by atoms with Crippen LogP contribution >= 0.6 is 0 Å².